The molecule has 1 amide bonds. The minimum Gasteiger partial charge on any atom is -0.480 e. The second kappa shape index (κ2) is 7.00. The van der Waals surface area contributed by atoms with E-state index in [9.17, 15) is 9.59 Å². The van der Waals surface area contributed by atoms with Gasteiger partial charge in [0.05, 0.1) is 6.07 Å². The lowest BCUT2D eigenvalue weighted by Gasteiger charge is -2.20. The zero-order valence-corrected chi connectivity index (χ0v) is 10.7. The van der Waals surface area contributed by atoms with Crippen LogP contribution in [-0.4, -0.2) is 23.0 Å². The normalized spacial score (nSPS) is 18.9. The Bertz CT molecular complexity index is 343. The average molecular weight is 252 g/mol. The monoisotopic (exact) mass is 252 g/mol. The van der Waals surface area contributed by atoms with Crippen molar-refractivity contribution in [1.82, 2.24) is 5.32 Å². The second-order valence-corrected chi connectivity index (χ2v) is 5.08. The van der Waals surface area contributed by atoms with Crippen LogP contribution in [0.5, 0.6) is 0 Å². The molecule has 1 aliphatic rings. The molecule has 5 heteroatoms. The maximum absolute atomic E-state index is 11.8. The molecule has 1 saturated carbocycles. The van der Waals surface area contributed by atoms with Crippen molar-refractivity contribution in [2.24, 2.45) is 11.8 Å². The molecule has 2 N–H and O–H groups in total. The molecule has 5 nitrogen and oxygen atoms in total. The highest BCUT2D eigenvalue weighted by molar-refractivity contribution is 5.83. The number of nitrogens with zero attached hydrogens (tertiary/aromatic N) is 1. The molecule has 0 aromatic heterocycles. The number of carboxylic acid groups (broad SMARTS) is 1. The number of aliphatic carboxylic acids is 1. The number of nitrogens with one attached hydrogen (secondary N) is 1. The Morgan fingerprint density at radius 2 is 2.06 bits per heavy atom. The van der Waals surface area contributed by atoms with Crippen LogP contribution in [0.15, 0.2) is 0 Å². The van der Waals surface area contributed by atoms with Crippen LogP contribution in [0.25, 0.3) is 0 Å². The topological polar surface area (TPSA) is 90.2 Å². The van der Waals surface area contributed by atoms with Gasteiger partial charge in [0, 0.05) is 18.8 Å². The van der Waals surface area contributed by atoms with Crippen molar-refractivity contribution in [1.29, 1.82) is 5.26 Å². The average Bonchev–Trinajstić information content (AvgIpc) is 2.78. The summed E-state index contributed by atoms with van der Waals surface area (Å²) in [5, 5.41) is 20.2. The van der Waals surface area contributed by atoms with Gasteiger partial charge in [-0.05, 0) is 18.8 Å². The van der Waals surface area contributed by atoms with Gasteiger partial charge in [-0.1, -0.05) is 19.8 Å². The molecule has 1 rings (SSSR count). The van der Waals surface area contributed by atoms with Crippen LogP contribution in [0.1, 0.15) is 45.4 Å². The number of hydrogen-bond donors (Lipinski definition) is 2. The lowest BCUT2D eigenvalue weighted by Crippen LogP contribution is -2.45. The van der Waals surface area contributed by atoms with Crippen LogP contribution >= 0.6 is 0 Å². The summed E-state index contributed by atoms with van der Waals surface area (Å²) in [5.41, 5.74) is 0. The van der Waals surface area contributed by atoms with E-state index in [2.05, 4.69) is 5.32 Å². The molecule has 0 spiro atoms. The number of carbonyl (C=O) groups excluding carboxylic acids is 1. The van der Waals surface area contributed by atoms with E-state index >= 15 is 0 Å². The van der Waals surface area contributed by atoms with E-state index in [1.807, 2.05) is 6.07 Å². The van der Waals surface area contributed by atoms with Crippen LogP contribution in [0, 0.1) is 23.2 Å². The van der Waals surface area contributed by atoms with Gasteiger partial charge in [-0.25, -0.2) is 4.79 Å². The van der Waals surface area contributed by atoms with E-state index in [1.165, 1.54) is 0 Å². The minimum absolute atomic E-state index is 0.126. The fourth-order valence-corrected chi connectivity index (χ4v) is 2.42. The van der Waals surface area contributed by atoms with Crippen LogP contribution in [-0.2, 0) is 9.59 Å². The van der Waals surface area contributed by atoms with Crippen LogP contribution in [0.4, 0.5) is 0 Å². The van der Waals surface area contributed by atoms with Crippen molar-refractivity contribution >= 4 is 11.9 Å². The Hall–Kier alpha value is -1.57. The molecule has 0 radical (unpaired) electrons. The molecule has 0 bridgehead atoms. The smallest absolute Gasteiger partial charge is 0.326 e. The largest absolute Gasteiger partial charge is 0.480 e. The van der Waals surface area contributed by atoms with Gasteiger partial charge in [-0.3, -0.25) is 4.79 Å². The summed E-state index contributed by atoms with van der Waals surface area (Å²) in [6.45, 7) is 1.66. The molecule has 0 aromatic rings. The molecule has 18 heavy (non-hydrogen) atoms. The first kappa shape index (κ1) is 14.5. The van der Waals surface area contributed by atoms with Gasteiger partial charge in [0.2, 0.25) is 5.91 Å². The van der Waals surface area contributed by atoms with E-state index in [0.29, 0.717) is 12.3 Å². The number of amides is 1. The molecular formula is C13H20N2O3. The first-order chi connectivity index (χ1) is 8.54. The fraction of sp³-hybridized carbons (Fsp3) is 0.769. The van der Waals surface area contributed by atoms with Gasteiger partial charge in [0.1, 0.15) is 6.04 Å². The molecule has 100 valence electrons. The predicted molar refractivity (Wildman–Crippen MR) is 65.5 cm³/mol. The number of carbonyl (C=O) groups is 2. The van der Waals surface area contributed by atoms with E-state index in [4.69, 9.17) is 10.4 Å². The Morgan fingerprint density at radius 3 is 2.56 bits per heavy atom. The highest BCUT2D eigenvalue weighted by Gasteiger charge is 2.27. The Balaban J connectivity index is 2.47. The van der Waals surface area contributed by atoms with Crippen molar-refractivity contribution in [3.8, 4) is 6.07 Å². The maximum atomic E-state index is 11.8. The first-order valence-electron chi connectivity index (χ1n) is 6.43. The molecule has 0 aromatic carbocycles. The third-order valence-corrected chi connectivity index (χ3v) is 3.51. The van der Waals surface area contributed by atoms with E-state index in [-0.39, 0.29) is 18.2 Å². The van der Waals surface area contributed by atoms with Crippen molar-refractivity contribution in [2.75, 3.05) is 0 Å². The summed E-state index contributed by atoms with van der Waals surface area (Å²) in [7, 11) is 0. The van der Waals surface area contributed by atoms with Gasteiger partial charge in [0.25, 0.3) is 0 Å². The standard InChI is InChI=1S/C13H20N2O3/c1-9(6-7-14)12(13(17)18)15-11(16)8-10-4-2-3-5-10/h9-10,12H,2-6,8H2,1H3,(H,15,16)(H,17,18)/t9-,12+/m0/s1. The van der Waals surface area contributed by atoms with Crippen molar-refractivity contribution in [2.45, 2.75) is 51.5 Å². The van der Waals surface area contributed by atoms with Crippen LogP contribution in [0.3, 0.4) is 0 Å². The summed E-state index contributed by atoms with van der Waals surface area (Å²) in [5.74, 6) is -1.26. The van der Waals surface area contributed by atoms with Crippen LogP contribution in [0.2, 0.25) is 0 Å². The highest BCUT2D eigenvalue weighted by atomic mass is 16.4. The Labute approximate surface area is 107 Å². The molecule has 1 aliphatic carbocycles. The molecule has 1 fully saturated rings. The quantitative estimate of drug-likeness (QED) is 0.752. The summed E-state index contributed by atoms with van der Waals surface area (Å²) in [4.78, 5) is 22.8. The number of hydrogen-bond acceptors (Lipinski definition) is 3. The summed E-state index contributed by atoms with van der Waals surface area (Å²) < 4.78 is 0. The van der Waals surface area contributed by atoms with E-state index in [0.717, 1.165) is 25.7 Å². The number of carboxylic acids is 1. The number of nitriles is 1. The van der Waals surface area contributed by atoms with Gasteiger partial charge < -0.3 is 10.4 Å². The lowest BCUT2D eigenvalue weighted by molar-refractivity contribution is -0.143. The fourth-order valence-electron chi connectivity index (χ4n) is 2.42. The van der Waals surface area contributed by atoms with E-state index < -0.39 is 12.0 Å². The Kier molecular flexibility index (Phi) is 5.63. The summed E-state index contributed by atoms with van der Waals surface area (Å²) in [6, 6.07) is 0.975. The second-order valence-electron chi connectivity index (χ2n) is 5.08. The molecule has 0 saturated heterocycles. The lowest BCUT2D eigenvalue weighted by atomic mass is 9.97. The van der Waals surface area contributed by atoms with Gasteiger partial charge in [-0.15, -0.1) is 0 Å². The van der Waals surface area contributed by atoms with Gasteiger partial charge in [0.15, 0.2) is 0 Å². The summed E-state index contributed by atoms with van der Waals surface area (Å²) >= 11 is 0. The predicted octanol–water partition coefficient (Wildman–Crippen LogP) is 1.69. The van der Waals surface area contributed by atoms with Gasteiger partial charge >= 0.3 is 5.97 Å². The van der Waals surface area contributed by atoms with Crippen molar-refractivity contribution in [3.63, 3.8) is 0 Å². The van der Waals surface area contributed by atoms with E-state index in [1.54, 1.807) is 6.92 Å². The molecular weight excluding hydrogens is 232 g/mol. The minimum atomic E-state index is -1.07. The van der Waals surface area contributed by atoms with Crippen LogP contribution < -0.4 is 5.32 Å². The summed E-state index contributed by atoms with van der Waals surface area (Å²) in [6.07, 6.45) is 4.96. The highest BCUT2D eigenvalue weighted by Crippen LogP contribution is 2.27. The van der Waals surface area contributed by atoms with Crippen molar-refractivity contribution < 1.29 is 14.7 Å². The Morgan fingerprint density at radius 1 is 1.44 bits per heavy atom. The maximum Gasteiger partial charge on any atom is 0.326 e. The zero-order valence-electron chi connectivity index (χ0n) is 10.7. The molecule has 0 unspecified atom stereocenters. The first-order valence-corrected chi connectivity index (χ1v) is 6.43. The molecule has 0 heterocycles. The SMILES string of the molecule is C[C@@H](CC#N)[C@@H](NC(=O)CC1CCCC1)C(=O)O. The van der Waals surface area contributed by atoms with Gasteiger partial charge in [-0.2, -0.15) is 5.26 Å². The molecule has 2 atom stereocenters. The number of rotatable bonds is 6. The molecule has 0 aliphatic heterocycles. The third kappa shape index (κ3) is 4.36. The third-order valence-electron chi connectivity index (χ3n) is 3.51. The zero-order chi connectivity index (χ0) is 13.5. The van der Waals surface area contributed by atoms with Crippen molar-refractivity contribution in [3.05, 3.63) is 0 Å².